The highest BCUT2D eigenvalue weighted by molar-refractivity contribution is 5.70. The molecule has 0 rings (SSSR count). The Labute approximate surface area is 345 Å². The van der Waals surface area contributed by atoms with E-state index in [1.54, 1.807) is 0 Å². The number of nitrogens with zero attached hydrogens (tertiary/aromatic N) is 1. The van der Waals surface area contributed by atoms with Gasteiger partial charge in [0.1, 0.15) is 13.2 Å². The fraction of sp³-hybridized carbons (Fsp3) is 0.894. The number of carboxylic acid groups (broad SMARTS) is 1. The van der Waals surface area contributed by atoms with Crippen molar-refractivity contribution in [2.24, 2.45) is 0 Å². The van der Waals surface area contributed by atoms with Gasteiger partial charge in [0.15, 0.2) is 12.4 Å². The zero-order chi connectivity index (χ0) is 41.4. The summed E-state index contributed by atoms with van der Waals surface area (Å²) in [5.74, 6) is -2.28. The van der Waals surface area contributed by atoms with Crippen molar-refractivity contribution in [3.8, 4) is 0 Å². The molecular weight excluding hydrogens is 707 g/mol. The van der Waals surface area contributed by atoms with Crippen LogP contribution in [0.5, 0.6) is 0 Å². The third-order valence-electron chi connectivity index (χ3n) is 10.3. The first-order valence-corrected chi connectivity index (χ1v) is 23.3. The van der Waals surface area contributed by atoms with Crippen molar-refractivity contribution < 1.29 is 42.9 Å². The molecule has 0 heterocycles. The van der Waals surface area contributed by atoms with E-state index < -0.39 is 24.3 Å². The molecule has 0 saturated heterocycles. The summed E-state index contributed by atoms with van der Waals surface area (Å²) in [4.78, 5) is 37.0. The highest BCUT2D eigenvalue weighted by Gasteiger charge is 2.21. The largest absolute Gasteiger partial charge is 0.545 e. The third-order valence-corrected chi connectivity index (χ3v) is 10.3. The van der Waals surface area contributed by atoms with E-state index in [1.165, 1.54) is 128 Å². The van der Waals surface area contributed by atoms with Crippen molar-refractivity contribution in [2.75, 3.05) is 47.5 Å². The zero-order valence-corrected chi connectivity index (χ0v) is 37.3. The smallest absolute Gasteiger partial charge is 0.306 e. The Bertz CT molecular complexity index is 934. The van der Waals surface area contributed by atoms with E-state index >= 15 is 0 Å². The quantitative estimate of drug-likeness (QED) is 0.0197. The van der Waals surface area contributed by atoms with Gasteiger partial charge in [-0.15, -0.1) is 0 Å². The Morgan fingerprint density at radius 3 is 1.32 bits per heavy atom. The van der Waals surface area contributed by atoms with E-state index in [-0.39, 0.29) is 32.2 Å². The van der Waals surface area contributed by atoms with E-state index in [0.717, 1.165) is 51.4 Å². The van der Waals surface area contributed by atoms with Crippen LogP contribution in [-0.4, -0.2) is 82.3 Å². The van der Waals surface area contributed by atoms with Crippen LogP contribution in [0.2, 0.25) is 0 Å². The predicted octanol–water partition coefficient (Wildman–Crippen LogP) is 10.9. The predicted molar refractivity (Wildman–Crippen MR) is 228 cm³/mol. The molecule has 0 fully saturated rings. The summed E-state index contributed by atoms with van der Waals surface area (Å²) in [6.45, 7) is 4.75. The molecule has 9 nitrogen and oxygen atoms in total. The number of rotatable bonds is 43. The number of aliphatic carboxylic acids is 1. The lowest BCUT2D eigenvalue weighted by Crippen LogP contribution is -2.44. The SMILES string of the molecule is CCCCCCCC/C=C\CCCCCCCC(=O)OC(COC(=O)CCCCCCCCCCCCCCCCCC)COC(OCC[N+](C)(C)C)C(=O)[O-]. The molecule has 330 valence electrons. The monoisotopic (exact) mass is 796 g/mol. The Morgan fingerprint density at radius 2 is 0.911 bits per heavy atom. The molecule has 0 aliphatic heterocycles. The molecule has 0 radical (unpaired) electrons. The van der Waals surface area contributed by atoms with Crippen LogP contribution in [0.15, 0.2) is 12.2 Å². The average molecular weight is 796 g/mol. The highest BCUT2D eigenvalue weighted by atomic mass is 16.7. The number of unbranched alkanes of at least 4 members (excludes halogenated alkanes) is 26. The molecule has 0 N–H and O–H groups in total. The van der Waals surface area contributed by atoms with Crippen LogP contribution in [0, 0.1) is 0 Å². The Balaban J connectivity index is 4.40. The van der Waals surface area contributed by atoms with Crippen molar-refractivity contribution in [2.45, 2.75) is 225 Å². The summed E-state index contributed by atoms with van der Waals surface area (Å²) in [7, 11) is 5.91. The lowest BCUT2D eigenvalue weighted by atomic mass is 10.0. The summed E-state index contributed by atoms with van der Waals surface area (Å²) >= 11 is 0. The molecule has 0 amide bonds. The molecule has 0 aromatic rings. The zero-order valence-electron chi connectivity index (χ0n) is 37.3. The standard InChI is InChI=1S/C47H89NO8/c1-6-8-10-12-14-16-18-20-22-24-25-27-29-31-33-35-37-44(49)54-41-43(42-55-47(46(51)52)53-40-39-48(3,4)5)56-45(50)38-36-34-32-30-28-26-23-21-19-17-15-13-11-9-7-2/h21,23,43,47H,6-20,22,24-42H2,1-5H3/b23-21-. The van der Waals surface area contributed by atoms with Gasteiger partial charge in [-0.3, -0.25) is 9.59 Å². The van der Waals surface area contributed by atoms with E-state index in [4.69, 9.17) is 18.9 Å². The first-order chi connectivity index (χ1) is 27.1. The number of quaternary nitrogens is 1. The molecule has 0 aromatic heterocycles. The highest BCUT2D eigenvalue weighted by Crippen LogP contribution is 2.15. The molecule has 2 atom stereocenters. The Kier molecular flexibility index (Phi) is 38.4. The topological polar surface area (TPSA) is 111 Å². The van der Waals surface area contributed by atoms with Gasteiger partial charge in [-0.25, -0.2) is 0 Å². The maximum Gasteiger partial charge on any atom is 0.306 e. The molecule has 0 spiro atoms. The van der Waals surface area contributed by atoms with Gasteiger partial charge in [-0.2, -0.15) is 0 Å². The fourth-order valence-electron chi connectivity index (χ4n) is 6.59. The fourth-order valence-corrected chi connectivity index (χ4v) is 6.59. The number of esters is 2. The van der Waals surface area contributed by atoms with E-state index in [1.807, 2.05) is 21.1 Å². The molecule has 0 aliphatic rings. The molecule has 0 bridgehead atoms. The number of carboxylic acids is 1. The van der Waals surface area contributed by atoms with Crippen molar-refractivity contribution in [3.63, 3.8) is 0 Å². The first kappa shape index (κ1) is 54.0. The van der Waals surface area contributed by atoms with Crippen LogP contribution in [0.4, 0.5) is 0 Å². The van der Waals surface area contributed by atoms with Crippen LogP contribution < -0.4 is 5.11 Å². The van der Waals surface area contributed by atoms with Gasteiger partial charge in [0, 0.05) is 12.8 Å². The summed E-state index contributed by atoms with van der Waals surface area (Å²) in [5.41, 5.74) is 0. The normalized spacial score (nSPS) is 12.9. The van der Waals surface area contributed by atoms with Crippen LogP contribution in [0.3, 0.4) is 0 Å². The molecule has 2 unspecified atom stereocenters. The van der Waals surface area contributed by atoms with Gasteiger partial charge >= 0.3 is 11.9 Å². The van der Waals surface area contributed by atoms with Gasteiger partial charge in [-0.05, 0) is 38.5 Å². The van der Waals surface area contributed by atoms with Crippen molar-refractivity contribution >= 4 is 17.9 Å². The number of hydrogen-bond acceptors (Lipinski definition) is 8. The second kappa shape index (κ2) is 39.8. The van der Waals surface area contributed by atoms with E-state index in [0.29, 0.717) is 23.9 Å². The minimum absolute atomic E-state index is 0.149. The number of allylic oxidation sites excluding steroid dienone is 2. The van der Waals surface area contributed by atoms with E-state index in [2.05, 4.69) is 26.0 Å². The van der Waals surface area contributed by atoms with Crippen molar-refractivity contribution in [1.82, 2.24) is 0 Å². The Morgan fingerprint density at radius 1 is 0.518 bits per heavy atom. The molecule has 9 heteroatoms. The summed E-state index contributed by atoms with van der Waals surface area (Å²) in [6.07, 6.45) is 38.1. The maximum atomic E-state index is 12.7. The van der Waals surface area contributed by atoms with E-state index in [9.17, 15) is 19.5 Å². The second-order valence-electron chi connectivity index (χ2n) is 17.1. The Hall–Kier alpha value is -1.97. The van der Waals surface area contributed by atoms with Crippen LogP contribution in [0.1, 0.15) is 213 Å². The summed E-state index contributed by atoms with van der Waals surface area (Å²) in [6, 6.07) is 0. The van der Waals surface area contributed by atoms with Crippen LogP contribution in [0.25, 0.3) is 0 Å². The number of carbonyl (C=O) groups excluding carboxylic acids is 3. The van der Waals surface area contributed by atoms with Crippen LogP contribution >= 0.6 is 0 Å². The third kappa shape index (κ3) is 40.2. The molecule has 56 heavy (non-hydrogen) atoms. The van der Waals surface area contributed by atoms with Gasteiger partial charge < -0.3 is 33.3 Å². The molecule has 0 aliphatic carbocycles. The molecule has 0 saturated carbocycles. The minimum atomic E-state index is -1.62. The summed E-state index contributed by atoms with van der Waals surface area (Å²) < 4.78 is 22.6. The lowest BCUT2D eigenvalue weighted by molar-refractivity contribution is -0.870. The maximum absolute atomic E-state index is 12.7. The first-order valence-electron chi connectivity index (χ1n) is 23.3. The van der Waals surface area contributed by atoms with Crippen LogP contribution in [-0.2, 0) is 33.3 Å². The summed E-state index contributed by atoms with van der Waals surface area (Å²) in [5, 5.41) is 11.7. The number of carbonyl (C=O) groups is 3. The number of ether oxygens (including phenoxy) is 4. The van der Waals surface area contributed by atoms with Crippen molar-refractivity contribution in [1.29, 1.82) is 0 Å². The molecular formula is C47H89NO8. The van der Waals surface area contributed by atoms with Gasteiger partial charge in [0.25, 0.3) is 0 Å². The second-order valence-corrected chi connectivity index (χ2v) is 17.1. The number of likely N-dealkylation sites (N-methyl/N-ethyl adjacent to an activating group) is 1. The number of hydrogen-bond donors (Lipinski definition) is 0. The minimum Gasteiger partial charge on any atom is -0.545 e. The van der Waals surface area contributed by atoms with Gasteiger partial charge in [0.2, 0.25) is 0 Å². The van der Waals surface area contributed by atoms with Gasteiger partial charge in [0.05, 0.1) is 40.3 Å². The van der Waals surface area contributed by atoms with Crippen molar-refractivity contribution in [3.05, 3.63) is 12.2 Å². The lowest BCUT2D eigenvalue weighted by Gasteiger charge is -2.26. The van der Waals surface area contributed by atoms with Gasteiger partial charge in [-0.1, -0.05) is 174 Å². The molecule has 0 aromatic carbocycles. The average Bonchev–Trinajstić information content (AvgIpc) is 3.15.